The monoisotopic (exact) mass is 248 g/mol. The second kappa shape index (κ2) is 4.92. The normalized spacial score (nSPS) is 10.2. The fourth-order valence-corrected chi connectivity index (χ4v) is 1.91. The molecule has 0 unspecified atom stereocenters. The highest BCUT2D eigenvalue weighted by molar-refractivity contribution is 7.09. The number of nitrogens with one attached hydrogen (secondary N) is 1. The predicted octanol–water partition coefficient (Wildman–Crippen LogP) is 1.36. The lowest BCUT2D eigenvalue weighted by Crippen LogP contribution is -2.23. The number of rotatable bonds is 3. The molecule has 0 aliphatic rings. The number of nitrogen functional groups attached to an aromatic ring is 1. The average Bonchev–Trinajstić information content (AvgIpc) is 2.73. The molecule has 0 bridgehead atoms. The fraction of sp³-hybridized carbons (Fsp3) is 0.182. The van der Waals surface area contributed by atoms with Crippen LogP contribution in [0.1, 0.15) is 21.1 Å². The second-order valence-corrected chi connectivity index (χ2v) is 4.57. The molecule has 3 N–H and O–H groups in total. The average molecular weight is 248 g/mol. The molecule has 1 amide bonds. The van der Waals surface area contributed by atoms with E-state index >= 15 is 0 Å². The van der Waals surface area contributed by atoms with Crippen molar-refractivity contribution < 1.29 is 4.79 Å². The molecule has 6 heteroatoms. The van der Waals surface area contributed by atoms with Gasteiger partial charge in [0.15, 0.2) is 0 Å². The second-order valence-electron chi connectivity index (χ2n) is 3.51. The number of pyridine rings is 1. The number of hydrogen-bond donors (Lipinski definition) is 2. The number of aryl methyl sites for hydroxylation is 1. The Morgan fingerprint density at radius 3 is 2.94 bits per heavy atom. The Hall–Kier alpha value is -1.95. The van der Waals surface area contributed by atoms with Crippen molar-refractivity contribution in [2.24, 2.45) is 0 Å². The van der Waals surface area contributed by atoms with Crippen LogP contribution in [0, 0.1) is 6.92 Å². The van der Waals surface area contributed by atoms with Crippen LogP contribution in [0.15, 0.2) is 23.7 Å². The van der Waals surface area contributed by atoms with Crippen LogP contribution in [0.25, 0.3) is 0 Å². The number of thiazole rings is 1. The maximum Gasteiger partial charge on any atom is 0.253 e. The van der Waals surface area contributed by atoms with E-state index in [-0.39, 0.29) is 5.91 Å². The largest absolute Gasteiger partial charge is 0.384 e. The van der Waals surface area contributed by atoms with Gasteiger partial charge in [-0.3, -0.25) is 4.79 Å². The third-order valence-corrected chi connectivity index (χ3v) is 2.97. The first kappa shape index (κ1) is 11.5. The molecule has 0 aromatic carbocycles. The Morgan fingerprint density at radius 2 is 2.35 bits per heavy atom. The summed E-state index contributed by atoms with van der Waals surface area (Å²) >= 11 is 1.56. The third kappa shape index (κ3) is 3.01. The van der Waals surface area contributed by atoms with Crippen LogP contribution in [0.2, 0.25) is 0 Å². The Labute approximate surface area is 103 Å². The van der Waals surface area contributed by atoms with Gasteiger partial charge in [-0.1, -0.05) is 0 Å². The van der Waals surface area contributed by atoms with Gasteiger partial charge in [-0.25, -0.2) is 9.97 Å². The zero-order valence-electron chi connectivity index (χ0n) is 9.30. The van der Waals surface area contributed by atoms with E-state index in [2.05, 4.69) is 15.3 Å². The lowest BCUT2D eigenvalue weighted by molar-refractivity contribution is 0.0950. The molecule has 0 atom stereocenters. The molecule has 0 spiro atoms. The van der Waals surface area contributed by atoms with Crippen LogP contribution in [-0.2, 0) is 6.54 Å². The third-order valence-electron chi connectivity index (χ3n) is 2.15. The molecule has 5 nitrogen and oxygen atoms in total. The molecule has 0 aliphatic heterocycles. The van der Waals surface area contributed by atoms with Crippen LogP contribution < -0.4 is 11.1 Å². The lowest BCUT2D eigenvalue weighted by atomic mass is 10.2. The molecule has 2 heterocycles. The van der Waals surface area contributed by atoms with Crippen molar-refractivity contribution in [1.29, 1.82) is 0 Å². The van der Waals surface area contributed by atoms with Gasteiger partial charge < -0.3 is 11.1 Å². The summed E-state index contributed by atoms with van der Waals surface area (Å²) in [6, 6.07) is 3.24. The Balaban J connectivity index is 1.95. The standard InChI is InChI=1S/C11H12N4OS/c1-7-15-9(6-17-7)5-14-11(16)8-2-3-10(12)13-4-8/h2-4,6H,5H2,1H3,(H2,12,13)(H,14,16). The molecular formula is C11H12N4OS. The van der Waals surface area contributed by atoms with Crippen molar-refractivity contribution in [1.82, 2.24) is 15.3 Å². The van der Waals surface area contributed by atoms with Crippen LogP contribution in [0.5, 0.6) is 0 Å². The van der Waals surface area contributed by atoms with E-state index in [1.54, 1.807) is 23.5 Å². The molecule has 0 saturated heterocycles. The molecular weight excluding hydrogens is 236 g/mol. The van der Waals surface area contributed by atoms with E-state index in [0.717, 1.165) is 10.7 Å². The van der Waals surface area contributed by atoms with E-state index in [4.69, 9.17) is 5.73 Å². The van der Waals surface area contributed by atoms with Gasteiger partial charge in [-0.05, 0) is 19.1 Å². The summed E-state index contributed by atoms with van der Waals surface area (Å²) < 4.78 is 0. The molecule has 0 saturated carbocycles. The smallest absolute Gasteiger partial charge is 0.253 e. The Kier molecular flexibility index (Phi) is 3.34. The first-order valence-corrected chi connectivity index (χ1v) is 5.94. The number of nitrogens with zero attached hydrogens (tertiary/aromatic N) is 2. The van der Waals surface area contributed by atoms with Gasteiger partial charge in [0.25, 0.3) is 5.91 Å². The van der Waals surface area contributed by atoms with E-state index in [0.29, 0.717) is 17.9 Å². The Bertz CT molecular complexity index is 521. The zero-order chi connectivity index (χ0) is 12.3. The highest BCUT2D eigenvalue weighted by Gasteiger charge is 2.06. The maximum absolute atomic E-state index is 11.7. The molecule has 0 fully saturated rings. The topological polar surface area (TPSA) is 80.9 Å². The number of carbonyl (C=O) groups is 1. The highest BCUT2D eigenvalue weighted by atomic mass is 32.1. The minimum absolute atomic E-state index is 0.178. The number of hydrogen-bond acceptors (Lipinski definition) is 5. The summed E-state index contributed by atoms with van der Waals surface area (Å²) in [5, 5.41) is 5.69. The van der Waals surface area contributed by atoms with Crippen molar-refractivity contribution in [3.8, 4) is 0 Å². The van der Waals surface area contributed by atoms with Crippen LogP contribution in [0.3, 0.4) is 0 Å². The summed E-state index contributed by atoms with van der Waals surface area (Å²) in [5.74, 6) is 0.222. The number of nitrogens with two attached hydrogens (primary N) is 1. The van der Waals surface area contributed by atoms with Gasteiger partial charge in [0.1, 0.15) is 5.82 Å². The van der Waals surface area contributed by atoms with E-state index in [1.807, 2.05) is 12.3 Å². The van der Waals surface area contributed by atoms with Crippen molar-refractivity contribution in [2.75, 3.05) is 5.73 Å². The fourth-order valence-electron chi connectivity index (χ4n) is 1.30. The summed E-state index contributed by atoms with van der Waals surface area (Å²) in [6.07, 6.45) is 1.46. The molecule has 88 valence electrons. The number of carbonyl (C=O) groups excluding carboxylic acids is 1. The van der Waals surface area contributed by atoms with E-state index < -0.39 is 0 Å². The summed E-state index contributed by atoms with van der Waals surface area (Å²) in [4.78, 5) is 19.8. The van der Waals surface area contributed by atoms with Crippen molar-refractivity contribution in [3.63, 3.8) is 0 Å². The molecule has 2 rings (SSSR count). The van der Waals surface area contributed by atoms with E-state index in [9.17, 15) is 4.79 Å². The molecule has 2 aromatic heterocycles. The van der Waals surface area contributed by atoms with Crippen molar-refractivity contribution >= 4 is 23.1 Å². The minimum atomic E-state index is -0.178. The SMILES string of the molecule is Cc1nc(CNC(=O)c2ccc(N)nc2)cs1. The summed E-state index contributed by atoms with van der Waals surface area (Å²) in [7, 11) is 0. The van der Waals surface area contributed by atoms with Gasteiger partial charge in [0.05, 0.1) is 22.8 Å². The van der Waals surface area contributed by atoms with Gasteiger partial charge in [-0.15, -0.1) is 11.3 Å². The Morgan fingerprint density at radius 1 is 1.53 bits per heavy atom. The first-order valence-electron chi connectivity index (χ1n) is 5.06. The number of anilines is 1. The lowest BCUT2D eigenvalue weighted by Gasteiger charge is -2.02. The minimum Gasteiger partial charge on any atom is -0.384 e. The molecule has 17 heavy (non-hydrogen) atoms. The zero-order valence-corrected chi connectivity index (χ0v) is 10.1. The highest BCUT2D eigenvalue weighted by Crippen LogP contribution is 2.08. The van der Waals surface area contributed by atoms with Gasteiger partial charge in [0, 0.05) is 11.6 Å². The van der Waals surface area contributed by atoms with Crippen LogP contribution >= 0.6 is 11.3 Å². The number of aromatic nitrogens is 2. The van der Waals surface area contributed by atoms with Crippen LogP contribution in [-0.4, -0.2) is 15.9 Å². The number of amides is 1. The summed E-state index contributed by atoms with van der Waals surface area (Å²) in [6.45, 7) is 2.35. The quantitative estimate of drug-likeness (QED) is 0.859. The van der Waals surface area contributed by atoms with Gasteiger partial charge >= 0.3 is 0 Å². The summed E-state index contributed by atoms with van der Waals surface area (Å²) in [5.41, 5.74) is 6.80. The van der Waals surface area contributed by atoms with Crippen molar-refractivity contribution in [3.05, 3.63) is 40.0 Å². The first-order chi connectivity index (χ1) is 8.15. The maximum atomic E-state index is 11.7. The van der Waals surface area contributed by atoms with Crippen molar-refractivity contribution in [2.45, 2.75) is 13.5 Å². The molecule has 0 aliphatic carbocycles. The molecule has 0 radical (unpaired) electrons. The predicted molar refractivity (Wildman–Crippen MR) is 66.7 cm³/mol. The van der Waals surface area contributed by atoms with E-state index in [1.165, 1.54) is 6.20 Å². The van der Waals surface area contributed by atoms with Gasteiger partial charge in [-0.2, -0.15) is 0 Å². The van der Waals surface area contributed by atoms with Gasteiger partial charge in [0.2, 0.25) is 0 Å². The molecule has 2 aromatic rings. The van der Waals surface area contributed by atoms with Crippen LogP contribution in [0.4, 0.5) is 5.82 Å².